The molecule has 2 aliphatic heterocycles. The Balaban J connectivity index is 1.58. The molecule has 3 rings (SSSR count). The molecule has 0 spiro atoms. The Kier molecular flexibility index (Phi) is 5.71. The lowest BCUT2D eigenvalue weighted by Crippen LogP contribution is -2.44. The third kappa shape index (κ3) is 4.58. The maximum atomic E-state index is 12.5. The van der Waals surface area contributed by atoms with Gasteiger partial charge in [0.25, 0.3) is 0 Å². The zero-order chi connectivity index (χ0) is 17.8. The highest BCUT2D eigenvalue weighted by molar-refractivity contribution is 5.85. The number of carbonyl (C=O) groups excluding carboxylic acids is 2. The van der Waals surface area contributed by atoms with Crippen LogP contribution in [0.25, 0.3) is 0 Å². The molecule has 1 aromatic rings. The third-order valence-corrected chi connectivity index (χ3v) is 5.09. The van der Waals surface area contributed by atoms with Crippen LogP contribution in [0, 0.1) is 6.92 Å². The van der Waals surface area contributed by atoms with Crippen LogP contribution >= 0.6 is 0 Å². The van der Waals surface area contributed by atoms with Gasteiger partial charge in [-0.1, -0.05) is 24.3 Å². The van der Waals surface area contributed by atoms with Gasteiger partial charge in [0.05, 0.1) is 12.6 Å². The van der Waals surface area contributed by atoms with Crippen LogP contribution in [0.5, 0.6) is 0 Å². The van der Waals surface area contributed by atoms with E-state index in [1.807, 2.05) is 12.1 Å². The third-order valence-electron chi connectivity index (χ3n) is 5.09. The van der Waals surface area contributed by atoms with Gasteiger partial charge >= 0.3 is 0 Å². The van der Waals surface area contributed by atoms with Gasteiger partial charge in [-0.25, -0.2) is 0 Å². The number of rotatable bonds is 4. The van der Waals surface area contributed by atoms with Gasteiger partial charge in [-0.05, 0) is 24.5 Å². The standard InChI is InChI=1S/C19H27N3O3/c1-15-5-2-3-6-16(15)11-20-9-10-22(13-17(23)12-20)19(25)14-21-8-4-7-18(21)24/h2-3,5-6,17,23H,4,7-14H2,1H3/t17-/m0/s1. The van der Waals surface area contributed by atoms with Crippen LogP contribution < -0.4 is 0 Å². The number of amides is 2. The van der Waals surface area contributed by atoms with Crippen LogP contribution in [0.1, 0.15) is 24.0 Å². The Morgan fingerprint density at radius 3 is 2.72 bits per heavy atom. The van der Waals surface area contributed by atoms with Crippen molar-refractivity contribution in [2.75, 3.05) is 39.3 Å². The minimum atomic E-state index is -0.565. The monoisotopic (exact) mass is 345 g/mol. The molecule has 2 aliphatic rings. The van der Waals surface area contributed by atoms with Crippen molar-refractivity contribution >= 4 is 11.8 Å². The number of aliphatic hydroxyl groups excluding tert-OH is 1. The smallest absolute Gasteiger partial charge is 0.242 e. The van der Waals surface area contributed by atoms with Crippen molar-refractivity contribution in [1.29, 1.82) is 0 Å². The summed E-state index contributed by atoms with van der Waals surface area (Å²) in [6, 6.07) is 8.25. The number of nitrogens with zero attached hydrogens (tertiary/aromatic N) is 3. The molecule has 6 heteroatoms. The van der Waals surface area contributed by atoms with E-state index in [9.17, 15) is 14.7 Å². The highest BCUT2D eigenvalue weighted by Gasteiger charge is 2.28. The maximum absolute atomic E-state index is 12.5. The molecule has 0 aliphatic carbocycles. The van der Waals surface area contributed by atoms with E-state index >= 15 is 0 Å². The lowest BCUT2D eigenvalue weighted by molar-refractivity contribution is -0.138. The Labute approximate surface area is 149 Å². The van der Waals surface area contributed by atoms with E-state index in [0.29, 0.717) is 32.6 Å². The quantitative estimate of drug-likeness (QED) is 0.869. The first-order chi connectivity index (χ1) is 12.0. The van der Waals surface area contributed by atoms with Gasteiger partial charge in [-0.15, -0.1) is 0 Å². The summed E-state index contributed by atoms with van der Waals surface area (Å²) in [4.78, 5) is 29.8. The Morgan fingerprint density at radius 1 is 1.20 bits per heavy atom. The van der Waals surface area contributed by atoms with E-state index in [2.05, 4.69) is 24.0 Å². The molecule has 2 saturated heterocycles. The van der Waals surface area contributed by atoms with Gasteiger partial charge in [0, 0.05) is 45.7 Å². The molecule has 2 fully saturated rings. The van der Waals surface area contributed by atoms with Crippen molar-refractivity contribution in [2.45, 2.75) is 32.4 Å². The number of aryl methyl sites for hydroxylation is 1. The maximum Gasteiger partial charge on any atom is 0.242 e. The van der Waals surface area contributed by atoms with E-state index < -0.39 is 6.10 Å². The molecule has 0 saturated carbocycles. The highest BCUT2D eigenvalue weighted by atomic mass is 16.3. The Morgan fingerprint density at radius 2 is 2.00 bits per heavy atom. The van der Waals surface area contributed by atoms with Crippen LogP contribution in [0.4, 0.5) is 0 Å². The molecular formula is C19H27N3O3. The normalized spacial score (nSPS) is 22.3. The number of aliphatic hydroxyl groups is 1. The highest BCUT2D eigenvalue weighted by Crippen LogP contribution is 2.14. The van der Waals surface area contributed by atoms with Gasteiger partial charge in [0.2, 0.25) is 11.8 Å². The first-order valence-corrected chi connectivity index (χ1v) is 9.03. The predicted octanol–water partition coefficient (Wildman–Crippen LogP) is 0.623. The largest absolute Gasteiger partial charge is 0.390 e. The lowest BCUT2D eigenvalue weighted by Gasteiger charge is -2.24. The summed E-state index contributed by atoms with van der Waals surface area (Å²) in [5, 5.41) is 10.3. The summed E-state index contributed by atoms with van der Waals surface area (Å²) < 4.78 is 0. The Bertz CT molecular complexity index is 634. The van der Waals surface area contributed by atoms with Gasteiger partial charge in [0.15, 0.2) is 0 Å². The molecular weight excluding hydrogens is 318 g/mol. The van der Waals surface area contributed by atoms with Crippen molar-refractivity contribution in [2.24, 2.45) is 0 Å². The molecule has 0 radical (unpaired) electrons. The van der Waals surface area contributed by atoms with Gasteiger partial charge in [0.1, 0.15) is 0 Å². The van der Waals surface area contributed by atoms with Crippen LogP contribution in [-0.4, -0.2) is 77.0 Å². The van der Waals surface area contributed by atoms with Gasteiger partial charge in [-0.2, -0.15) is 0 Å². The molecule has 0 bridgehead atoms. The van der Waals surface area contributed by atoms with Crippen LogP contribution in [0.3, 0.4) is 0 Å². The zero-order valence-corrected chi connectivity index (χ0v) is 14.9. The molecule has 6 nitrogen and oxygen atoms in total. The topological polar surface area (TPSA) is 64.1 Å². The Hall–Kier alpha value is -1.92. The summed E-state index contributed by atoms with van der Waals surface area (Å²) in [7, 11) is 0. The summed E-state index contributed by atoms with van der Waals surface area (Å²) in [5.74, 6) is -0.00283. The van der Waals surface area contributed by atoms with Crippen molar-refractivity contribution in [3.05, 3.63) is 35.4 Å². The fourth-order valence-electron chi connectivity index (χ4n) is 3.59. The van der Waals surface area contributed by atoms with Gasteiger partial charge < -0.3 is 14.9 Å². The van der Waals surface area contributed by atoms with Crippen LogP contribution in [0.2, 0.25) is 0 Å². The lowest BCUT2D eigenvalue weighted by atomic mass is 10.1. The number of hydrogen-bond acceptors (Lipinski definition) is 4. The van der Waals surface area contributed by atoms with E-state index in [1.165, 1.54) is 11.1 Å². The van der Waals surface area contributed by atoms with E-state index in [0.717, 1.165) is 19.5 Å². The van der Waals surface area contributed by atoms with Crippen molar-refractivity contribution in [3.8, 4) is 0 Å². The number of likely N-dealkylation sites (tertiary alicyclic amines) is 1. The summed E-state index contributed by atoms with van der Waals surface area (Å²) in [6.45, 7) is 5.88. The number of β-amino-alcohol motifs (C(OH)–C–C–N with tert-alkyl or cyclic N) is 1. The number of benzene rings is 1. The van der Waals surface area contributed by atoms with Crippen molar-refractivity contribution < 1.29 is 14.7 Å². The second-order valence-electron chi connectivity index (χ2n) is 7.07. The first-order valence-electron chi connectivity index (χ1n) is 9.03. The molecule has 1 atom stereocenters. The SMILES string of the molecule is Cc1ccccc1CN1CCN(C(=O)CN2CCCC2=O)C[C@@H](O)C1. The van der Waals surface area contributed by atoms with Crippen molar-refractivity contribution in [3.63, 3.8) is 0 Å². The van der Waals surface area contributed by atoms with E-state index in [1.54, 1.807) is 9.80 Å². The van der Waals surface area contributed by atoms with Crippen LogP contribution in [0.15, 0.2) is 24.3 Å². The molecule has 0 aromatic heterocycles. The minimum absolute atomic E-state index is 0.0601. The number of hydrogen-bond donors (Lipinski definition) is 1. The first kappa shape index (κ1) is 17.9. The average molecular weight is 345 g/mol. The second kappa shape index (κ2) is 7.97. The molecule has 25 heavy (non-hydrogen) atoms. The molecule has 2 heterocycles. The molecule has 136 valence electrons. The van der Waals surface area contributed by atoms with Gasteiger partial charge in [-0.3, -0.25) is 14.5 Å². The molecule has 1 N–H and O–H groups in total. The minimum Gasteiger partial charge on any atom is -0.390 e. The molecule has 2 amide bonds. The fourth-order valence-corrected chi connectivity index (χ4v) is 3.59. The van der Waals surface area contributed by atoms with E-state index in [-0.39, 0.29) is 18.4 Å². The second-order valence-corrected chi connectivity index (χ2v) is 7.07. The summed E-state index contributed by atoms with van der Waals surface area (Å²) in [5.41, 5.74) is 2.49. The summed E-state index contributed by atoms with van der Waals surface area (Å²) in [6.07, 6.45) is 0.809. The molecule has 1 aromatic carbocycles. The molecule has 0 unspecified atom stereocenters. The van der Waals surface area contributed by atoms with Crippen molar-refractivity contribution in [1.82, 2.24) is 14.7 Å². The number of carbonyl (C=O) groups is 2. The summed E-state index contributed by atoms with van der Waals surface area (Å²) >= 11 is 0. The zero-order valence-electron chi connectivity index (χ0n) is 14.9. The van der Waals surface area contributed by atoms with E-state index in [4.69, 9.17) is 0 Å². The average Bonchev–Trinajstić information content (AvgIpc) is 2.87. The van der Waals surface area contributed by atoms with Crippen LogP contribution in [-0.2, 0) is 16.1 Å². The predicted molar refractivity (Wildman–Crippen MR) is 94.9 cm³/mol. The fraction of sp³-hybridized carbons (Fsp3) is 0.579.